The summed E-state index contributed by atoms with van der Waals surface area (Å²) < 4.78 is 37.6. The molecule has 2 N–H and O–H groups in total. The van der Waals surface area contributed by atoms with Crippen LogP contribution in [0.4, 0.5) is 18.9 Å². The summed E-state index contributed by atoms with van der Waals surface area (Å²) in [5, 5.41) is 0. The van der Waals surface area contributed by atoms with Gasteiger partial charge in [-0.3, -0.25) is 20.4 Å². The van der Waals surface area contributed by atoms with Crippen molar-refractivity contribution >= 4 is 17.5 Å². The summed E-state index contributed by atoms with van der Waals surface area (Å²) in [5.41, 5.74) is 5.87. The van der Waals surface area contributed by atoms with Gasteiger partial charge in [0.25, 0.3) is 11.8 Å². The van der Waals surface area contributed by atoms with Crippen molar-refractivity contribution in [3.8, 4) is 0 Å². The van der Waals surface area contributed by atoms with E-state index >= 15 is 0 Å². The molecule has 1 aliphatic rings. The van der Waals surface area contributed by atoms with E-state index in [0.29, 0.717) is 0 Å². The average Bonchev–Trinajstić information content (AvgIpc) is 2.66. The molecule has 0 radical (unpaired) electrons. The number of carbonyl (C=O) groups is 2. The Kier molecular flexibility index (Phi) is 5.34. The molecule has 2 aromatic rings. The number of halogens is 3. The number of benzene rings is 2. The molecule has 0 unspecified atom stereocenters. The van der Waals surface area contributed by atoms with Crippen LogP contribution >= 0.6 is 0 Å². The Balaban J connectivity index is 1.54. The predicted octanol–water partition coefficient (Wildman–Crippen LogP) is 2.92. The molecule has 27 heavy (non-hydrogen) atoms. The van der Waals surface area contributed by atoms with E-state index in [2.05, 4.69) is 10.9 Å². The summed E-state index contributed by atoms with van der Waals surface area (Å²) in [6.45, 7) is 0.807. The number of hydrogen-bond acceptors (Lipinski definition) is 3. The molecule has 0 fully saturated rings. The third-order valence-electron chi connectivity index (χ3n) is 4.33. The fraction of sp³-hybridized carbons (Fsp3) is 0.263. The standard InChI is InChI=1S/C19H18F3N3O2/c20-19(21,22)15-9-7-14(8-10-15)18(27)24-23-17(26)12-25-11-3-5-13-4-1-2-6-16(13)25/h1-2,4,6-10H,3,5,11-12H2,(H,23,26)(H,24,27). The minimum Gasteiger partial charge on any atom is -0.362 e. The van der Waals surface area contributed by atoms with Gasteiger partial charge >= 0.3 is 6.18 Å². The Morgan fingerprint density at radius 1 is 1.00 bits per heavy atom. The van der Waals surface area contributed by atoms with Gasteiger partial charge in [-0.2, -0.15) is 13.2 Å². The van der Waals surface area contributed by atoms with E-state index in [4.69, 9.17) is 0 Å². The number of nitrogens with zero attached hydrogens (tertiary/aromatic N) is 1. The average molecular weight is 377 g/mol. The zero-order valence-electron chi connectivity index (χ0n) is 14.3. The molecule has 3 rings (SSSR count). The summed E-state index contributed by atoms with van der Waals surface area (Å²) in [4.78, 5) is 26.0. The Morgan fingerprint density at radius 3 is 2.41 bits per heavy atom. The molecule has 0 spiro atoms. The van der Waals surface area contributed by atoms with Gasteiger partial charge in [0.2, 0.25) is 0 Å². The molecule has 2 aromatic carbocycles. The topological polar surface area (TPSA) is 61.4 Å². The van der Waals surface area contributed by atoms with Crippen LogP contribution in [0.15, 0.2) is 48.5 Å². The fourth-order valence-electron chi connectivity index (χ4n) is 3.00. The highest BCUT2D eigenvalue weighted by Gasteiger charge is 2.30. The Bertz CT molecular complexity index is 835. The summed E-state index contributed by atoms with van der Waals surface area (Å²) in [6.07, 6.45) is -2.57. The number of hydrogen-bond donors (Lipinski definition) is 2. The second-order valence-electron chi connectivity index (χ2n) is 6.23. The number of amides is 2. The van der Waals surface area contributed by atoms with Crippen molar-refractivity contribution in [2.75, 3.05) is 18.0 Å². The first-order valence-corrected chi connectivity index (χ1v) is 8.44. The number of carbonyl (C=O) groups excluding carboxylic acids is 2. The molecule has 8 heteroatoms. The van der Waals surface area contributed by atoms with Crippen molar-refractivity contribution in [2.24, 2.45) is 0 Å². The first kappa shape index (κ1) is 18.8. The van der Waals surface area contributed by atoms with Crippen LogP contribution in [-0.4, -0.2) is 24.9 Å². The monoisotopic (exact) mass is 377 g/mol. The molecule has 2 amide bonds. The van der Waals surface area contributed by atoms with Gasteiger partial charge in [-0.15, -0.1) is 0 Å². The molecule has 0 bridgehead atoms. The molecule has 0 saturated heterocycles. The molecular weight excluding hydrogens is 359 g/mol. The third-order valence-corrected chi connectivity index (χ3v) is 4.33. The largest absolute Gasteiger partial charge is 0.416 e. The lowest BCUT2D eigenvalue weighted by Gasteiger charge is -2.30. The van der Waals surface area contributed by atoms with E-state index in [1.807, 2.05) is 29.2 Å². The number of para-hydroxylation sites is 1. The Labute approximate surface area is 154 Å². The van der Waals surface area contributed by atoms with Crippen molar-refractivity contribution in [1.29, 1.82) is 0 Å². The minimum atomic E-state index is -4.46. The Hall–Kier alpha value is -3.03. The first-order valence-electron chi connectivity index (χ1n) is 8.44. The van der Waals surface area contributed by atoms with Crippen molar-refractivity contribution in [3.63, 3.8) is 0 Å². The van der Waals surface area contributed by atoms with Crippen LogP contribution < -0.4 is 15.8 Å². The van der Waals surface area contributed by atoms with Crippen LogP contribution in [0.25, 0.3) is 0 Å². The highest BCUT2D eigenvalue weighted by atomic mass is 19.4. The van der Waals surface area contributed by atoms with Crippen molar-refractivity contribution in [1.82, 2.24) is 10.9 Å². The lowest BCUT2D eigenvalue weighted by atomic mass is 10.0. The SMILES string of the molecule is O=C(CN1CCCc2ccccc21)NNC(=O)c1ccc(C(F)(F)F)cc1. The summed E-state index contributed by atoms with van der Waals surface area (Å²) in [5.74, 6) is -1.09. The molecule has 0 aliphatic carbocycles. The van der Waals surface area contributed by atoms with Gasteiger partial charge in [0.05, 0.1) is 12.1 Å². The number of anilines is 1. The smallest absolute Gasteiger partial charge is 0.362 e. The summed E-state index contributed by atoms with van der Waals surface area (Å²) >= 11 is 0. The number of hydrazine groups is 1. The van der Waals surface area contributed by atoms with Gasteiger partial charge in [-0.05, 0) is 48.7 Å². The molecule has 0 aromatic heterocycles. The second kappa shape index (κ2) is 7.69. The quantitative estimate of drug-likeness (QED) is 0.809. The predicted molar refractivity (Wildman–Crippen MR) is 94.0 cm³/mol. The van der Waals surface area contributed by atoms with Crippen molar-refractivity contribution in [2.45, 2.75) is 19.0 Å². The van der Waals surface area contributed by atoms with Crippen LogP contribution in [-0.2, 0) is 17.4 Å². The van der Waals surface area contributed by atoms with Gasteiger partial charge in [0.1, 0.15) is 0 Å². The highest BCUT2D eigenvalue weighted by Crippen LogP contribution is 2.29. The maximum atomic E-state index is 12.5. The van der Waals surface area contributed by atoms with E-state index < -0.39 is 23.6 Å². The number of aryl methyl sites for hydroxylation is 1. The molecule has 1 heterocycles. The van der Waals surface area contributed by atoms with E-state index in [1.54, 1.807) is 0 Å². The molecule has 5 nitrogen and oxygen atoms in total. The van der Waals surface area contributed by atoms with E-state index in [9.17, 15) is 22.8 Å². The number of nitrogens with one attached hydrogen (secondary N) is 2. The highest BCUT2D eigenvalue weighted by molar-refractivity contribution is 5.95. The number of alkyl halides is 3. The van der Waals surface area contributed by atoms with Gasteiger partial charge in [-0.25, -0.2) is 0 Å². The molecule has 1 aliphatic heterocycles. The van der Waals surface area contributed by atoms with Crippen molar-refractivity contribution < 1.29 is 22.8 Å². The van der Waals surface area contributed by atoms with Crippen LogP contribution in [0.1, 0.15) is 27.9 Å². The van der Waals surface area contributed by atoms with Crippen molar-refractivity contribution in [3.05, 3.63) is 65.2 Å². The third kappa shape index (κ3) is 4.58. The van der Waals surface area contributed by atoms with Gasteiger partial charge < -0.3 is 4.90 Å². The lowest BCUT2D eigenvalue weighted by molar-refractivity contribution is -0.137. The first-order chi connectivity index (χ1) is 12.8. The van der Waals surface area contributed by atoms with E-state index in [1.165, 1.54) is 5.56 Å². The summed E-state index contributed by atoms with van der Waals surface area (Å²) in [6, 6.07) is 11.6. The minimum absolute atomic E-state index is 0.0200. The van der Waals surface area contributed by atoms with E-state index in [0.717, 1.165) is 49.3 Å². The fourth-order valence-corrected chi connectivity index (χ4v) is 3.00. The molecule has 0 atom stereocenters. The van der Waals surface area contributed by atoms with E-state index in [-0.39, 0.29) is 12.1 Å². The number of fused-ring (bicyclic) bond motifs is 1. The zero-order valence-corrected chi connectivity index (χ0v) is 14.3. The maximum Gasteiger partial charge on any atom is 0.416 e. The lowest BCUT2D eigenvalue weighted by Crippen LogP contribution is -2.47. The number of rotatable bonds is 3. The van der Waals surface area contributed by atoms with Gasteiger partial charge in [-0.1, -0.05) is 18.2 Å². The van der Waals surface area contributed by atoms with Gasteiger partial charge in [0.15, 0.2) is 0 Å². The molecule has 0 saturated carbocycles. The maximum absolute atomic E-state index is 12.5. The van der Waals surface area contributed by atoms with Crippen LogP contribution in [0.3, 0.4) is 0 Å². The molecule has 142 valence electrons. The molecular formula is C19H18F3N3O2. The normalized spacial score (nSPS) is 13.7. The second-order valence-corrected chi connectivity index (χ2v) is 6.23. The Morgan fingerprint density at radius 2 is 1.70 bits per heavy atom. The van der Waals surface area contributed by atoms with Gasteiger partial charge in [0, 0.05) is 17.8 Å². The summed E-state index contributed by atoms with van der Waals surface area (Å²) in [7, 11) is 0. The van der Waals surface area contributed by atoms with Crippen LogP contribution in [0, 0.1) is 0 Å². The van der Waals surface area contributed by atoms with Crippen LogP contribution in [0.2, 0.25) is 0 Å². The van der Waals surface area contributed by atoms with Crippen LogP contribution in [0.5, 0.6) is 0 Å². The zero-order chi connectivity index (χ0) is 19.4.